The van der Waals surface area contributed by atoms with Crippen molar-refractivity contribution in [2.45, 2.75) is 32.3 Å². The number of nitrogens with two attached hydrogens (primary N) is 1. The molecule has 0 aliphatic rings. The second-order valence-electron chi connectivity index (χ2n) is 3.72. The summed E-state index contributed by atoms with van der Waals surface area (Å²) < 4.78 is 1.92. The molecular formula is C10H19N3OS. The highest BCUT2D eigenvalue weighted by Crippen LogP contribution is 2.28. The lowest BCUT2D eigenvalue weighted by atomic mass is 10.2. The third-order valence-electron chi connectivity index (χ3n) is 2.24. The fraction of sp³-hybridized carbons (Fsp3) is 0.700. The highest BCUT2D eigenvalue weighted by molar-refractivity contribution is 7.99. The number of hydrogen-bond acceptors (Lipinski definition) is 4. The van der Waals surface area contributed by atoms with Crippen LogP contribution >= 0.6 is 11.8 Å². The Bertz CT molecular complexity index is 325. The smallest absolute Gasteiger partial charge is 0.117 e. The molecule has 1 heterocycles. The van der Waals surface area contributed by atoms with Gasteiger partial charge >= 0.3 is 0 Å². The van der Waals surface area contributed by atoms with Gasteiger partial charge in [-0.25, -0.2) is 0 Å². The molecule has 0 amide bonds. The lowest BCUT2D eigenvalue weighted by Gasteiger charge is -2.08. The van der Waals surface area contributed by atoms with Gasteiger partial charge in [-0.3, -0.25) is 4.68 Å². The Hall–Kier alpha value is -0.680. The monoisotopic (exact) mass is 229 g/mol. The Morgan fingerprint density at radius 1 is 1.60 bits per heavy atom. The van der Waals surface area contributed by atoms with Crippen LogP contribution in [0.1, 0.15) is 19.5 Å². The fourth-order valence-corrected chi connectivity index (χ4v) is 2.38. The van der Waals surface area contributed by atoms with Gasteiger partial charge in [-0.15, -0.1) is 11.8 Å². The molecular weight excluding hydrogens is 210 g/mol. The van der Waals surface area contributed by atoms with Crippen molar-refractivity contribution in [2.24, 2.45) is 5.92 Å². The summed E-state index contributed by atoms with van der Waals surface area (Å²) in [5.41, 5.74) is 7.60. The highest BCUT2D eigenvalue weighted by atomic mass is 32.2. The summed E-state index contributed by atoms with van der Waals surface area (Å²) in [7, 11) is 0. The predicted molar refractivity (Wildman–Crippen MR) is 64.0 cm³/mol. The topological polar surface area (TPSA) is 64.1 Å². The highest BCUT2D eigenvalue weighted by Gasteiger charge is 2.13. The number of nitrogens with zero attached hydrogens (tertiary/aromatic N) is 2. The van der Waals surface area contributed by atoms with Crippen molar-refractivity contribution in [1.29, 1.82) is 0 Å². The summed E-state index contributed by atoms with van der Waals surface area (Å²) in [6.45, 7) is 7.02. The third kappa shape index (κ3) is 2.89. The first kappa shape index (κ1) is 12.4. The summed E-state index contributed by atoms with van der Waals surface area (Å²) in [6.07, 6.45) is 0. The number of anilines is 1. The number of nitrogen functional groups attached to an aromatic ring is 1. The zero-order valence-corrected chi connectivity index (χ0v) is 10.3. The number of aliphatic hydroxyl groups is 1. The lowest BCUT2D eigenvalue weighted by Crippen LogP contribution is -2.06. The van der Waals surface area contributed by atoms with Crippen LogP contribution in [0.25, 0.3) is 0 Å². The van der Waals surface area contributed by atoms with Crippen LogP contribution in [-0.4, -0.2) is 27.2 Å². The van der Waals surface area contributed by atoms with Gasteiger partial charge < -0.3 is 10.8 Å². The first-order valence-corrected chi connectivity index (χ1v) is 6.15. The van der Waals surface area contributed by atoms with Crippen molar-refractivity contribution >= 4 is 17.4 Å². The molecule has 1 aromatic rings. The molecule has 1 unspecified atom stereocenters. The number of aromatic nitrogens is 2. The molecule has 0 radical (unpaired) electrons. The minimum absolute atomic E-state index is 0.214. The van der Waals surface area contributed by atoms with Gasteiger partial charge in [0.1, 0.15) is 5.03 Å². The van der Waals surface area contributed by atoms with Crippen LogP contribution in [-0.2, 0) is 6.54 Å². The first-order valence-electron chi connectivity index (χ1n) is 5.16. The van der Waals surface area contributed by atoms with Gasteiger partial charge in [0.2, 0.25) is 0 Å². The maximum absolute atomic E-state index is 8.95. The van der Waals surface area contributed by atoms with Crippen LogP contribution in [0.2, 0.25) is 0 Å². The van der Waals surface area contributed by atoms with Crippen LogP contribution in [0.3, 0.4) is 0 Å². The molecule has 1 rings (SSSR count). The molecule has 0 fully saturated rings. The molecule has 0 aliphatic heterocycles. The molecule has 0 aromatic carbocycles. The minimum Gasteiger partial charge on any atom is -0.396 e. The first-order chi connectivity index (χ1) is 7.10. The van der Waals surface area contributed by atoms with Crippen molar-refractivity contribution < 1.29 is 5.11 Å². The zero-order chi connectivity index (χ0) is 11.4. The zero-order valence-electron chi connectivity index (χ0n) is 9.53. The Morgan fingerprint density at radius 2 is 2.27 bits per heavy atom. The van der Waals surface area contributed by atoms with Crippen molar-refractivity contribution in [1.82, 2.24) is 9.78 Å². The van der Waals surface area contributed by atoms with Crippen LogP contribution in [0.15, 0.2) is 5.03 Å². The number of hydrogen-bond donors (Lipinski definition) is 2. The summed E-state index contributed by atoms with van der Waals surface area (Å²) in [6, 6.07) is 0. The Balaban J connectivity index is 2.74. The van der Waals surface area contributed by atoms with E-state index >= 15 is 0 Å². The molecule has 0 saturated heterocycles. The predicted octanol–water partition coefficient (Wildman–Crippen LogP) is 1.51. The second kappa shape index (κ2) is 5.42. The maximum Gasteiger partial charge on any atom is 0.117 e. The molecule has 0 bridgehead atoms. The van der Waals surface area contributed by atoms with Gasteiger partial charge in [0.25, 0.3) is 0 Å². The van der Waals surface area contributed by atoms with Crippen LogP contribution in [0.4, 0.5) is 5.69 Å². The molecule has 3 N–H and O–H groups in total. The largest absolute Gasteiger partial charge is 0.396 e. The van der Waals surface area contributed by atoms with Gasteiger partial charge in [-0.1, -0.05) is 6.92 Å². The average molecular weight is 229 g/mol. The van der Waals surface area contributed by atoms with Gasteiger partial charge in [0, 0.05) is 18.9 Å². The van der Waals surface area contributed by atoms with Crippen LogP contribution < -0.4 is 5.73 Å². The lowest BCUT2D eigenvalue weighted by molar-refractivity contribution is 0.250. The van der Waals surface area contributed by atoms with E-state index in [-0.39, 0.29) is 12.5 Å². The Morgan fingerprint density at radius 3 is 2.80 bits per heavy atom. The summed E-state index contributed by atoms with van der Waals surface area (Å²) in [4.78, 5) is 0. The van der Waals surface area contributed by atoms with Gasteiger partial charge in [0.15, 0.2) is 0 Å². The van der Waals surface area contributed by atoms with E-state index in [1.54, 1.807) is 11.8 Å². The van der Waals surface area contributed by atoms with Crippen molar-refractivity contribution in [3.05, 3.63) is 5.69 Å². The fourth-order valence-electron chi connectivity index (χ4n) is 1.21. The number of aliphatic hydroxyl groups excluding tert-OH is 1. The maximum atomic E-state index is 8.95. The molecule has 86 valence electrons. The molecule has 5 heteroatoms. The van der Waals surface area contributed by atoms with Gasteiger partial charge in [-0.05, 0) is 19.8 Å². The third-order valence-corrected chi connectivity index (χ3v) is 3.68. The molecule has 0 spiro atoms. The van der Waals surface area contributed by atoms with E-state index in [0.29, 0.717) is 0 Å². The molecule has 0 saturated carbocycles. The van der Waals surface area contributed by atoms with E-state index in [1.807, 2.05) is 25.5 Å². The molecule has 4 nitrogen and oxygen atoms in total. The van der Waals surface area contributed by atoms with E-state index < -0.39 is 0 Å². The van der Waals surface area contributed by atoms with Crippen LogP contribution in [0.5, 0.6) is 0 Å². The normalized spacial score (nSPS) is 13.1. The Kier molecular flexibility index (Phi) is 4.47. The van der Waals surface area contributed by atoms with Crippen molar-refractivity contribution in [3.63, 3.8) is 0 Å². The summed E-state index contributed by atoms with van der Waals surface area (Å²) in [5, 5.41) is 14.3. The number of rotatable bonds is 5. The van der Waals surface area contributed by atoms with Gasteiger partial charge in [-0.2, -0.15) is 5.10 Å². The van der Waals surface area contributed by atoms with Gasteiger partial charge in [0.05, 0.1) is 11.4 Å². The van der Waals surface area contributed by atoms with E-state index in [2.05, 4.69) is 5.10 Å². The van der Waals surface area contributed by atoms with Crippen molar-refractivity contribution in [2.75, 3.05) is 18.1 Å². The molecule has 15 heavy (non-hydrogen) atoms. The quantitative estimate of drug-likeness (QED) is 0.751. The van der Waals surface area contributed by atoms with E-state index in [1.165, 1.54) is 0 Å². The standard InChI is InChI=1S/C10H19N3OS/c1-4-13-10(9(11)8(3)12-13)15-6-7(2)5-14/h7,14H,4-6,11H2,1-3H3. The summed E-state index contributed by atoms with van der Waals surface area (Å²) >= 11 is 1.67. The minimum atomic E-state index is 0.214. The number of aryl methyl sites for hydroxylation is 2. The molecule has 1 atom stereocenters. The SMILES string of the molecule is CCn1nc(C)c(N)c1SCC(C)CO. The average Bonchev–Trinajstić information content (AvgIpc) is 2.52. The Labute approximate surface area is 94.9 Å². The molecule has 0 aliphatic carbocycles. The van der Waals surface area contributed by atoms with E-state index in [9.17, 15) is 0 Å². The second-order valence-corrected chi connectivity index (χ2v) is 4.73. The molecule has 1 aromatic heterocycles. The van der Waals surface area contributed by atoms with E-state index in [4.69, 9.17) is 10.8 Å². The van der Waals surface area contributed by atoms with E-state index in [0.717, 1.165) is 28.7 Å². The van der Waals surface area contributed by atoms with Crippen molar-refractivity contribution in [3.8, 4) is 0 Å². The number of thioether (sulfide) groups is 1. The van der Waals surface area contributed by atoms with Crippen LogP contribution in [0, 0.1) is 12.8 Å². The summed E-state index contributed by atoms with van der Waals surface area (Å²) in [5.74, 6) is 1.15.